The molecule has 30 heavy (non-hydrogen) atoms. The number of carbonyl (C=O) groups excluding carboxylic acids is 1. The minimum absolute atomic E-state index is 0.230. The molecule has 0 unspecified atom stereocenters. The second-order valence-electron chi connectivity index (χ2n) is 6.58. The standard InChI is InChI=1S/C24H19ClN2O3/c1-29-18-9-6-8-16(13-18)22-15-27-24(30-22)20-11-4-3-10-19(20)23(28)26-14-17-7-2-5-12-21(17)25/h2-13,15H,14H2,1H3,(H,26,28). The predicted octanol–water partition coefficient (Wildman–Crippen LogP) is 5.60. The fraction of sp³-hybridized carbons (Fsp3) is 0.0833. The summed E-state index contributed by atoms with van der Waals surface area (Å²) in [6.07, 6.45) is 1.64. The number of nitrogens with zero attached hydrogens (tertiary/aromatic N) is 1. The number of nitrogens with one attached hydrogen (secondary N) is 1. The van der Waals surface area contributed by atoms with Gasteiger partial charge < -0.3 is 14.5 Å². The number of amides is 1. The summed E-state index contributed by atoms with van der Waals surface area (Å²) in [5, 5.41) is 3.52. The molecule has 5 nitrogen and oxygen atoms in total. The van der Waals surface area contributed by atoms with E-state index >= 15 is 0 Å². The SMILES string of the molecule is COc1cccc(-c2cnc(-c3ccccc3C(=O)NCc3ccccc3Cl)o2)c1. The average Bonchev–Trinajstić information content (AvgIpc) is 3.28. The first-order valence-electron chi connectivity index (χ1n) is 9.37. The fourth-order valence-corrected chi connectivity index (χ4v) is 3.29. The minimum Gasteiger partial charge on any atom is -0.497 e. The van der Waals surface area contributed by atoms with Crippen molar-refractivity contribution < 1.29 is 13.9 Å². The van der Waals surface area contributed by atoms with E-state index < -0.39 is 0 Å². The molecule has 3 aromatic carbocycles. The lowest BCUT2D eigenvalue weighted by atomic mass is 10.1. The zero-order valence-corrected chi connectivity index (χ0v) is 17.0. The van der Waals surface area contributed by atoms with Crippen LogP contribution in [0, 0.1) is 0 Å². The molecule has 0 saturated heterocycles. The topological polar surface area (TPSA) is 64.4 Å². The molecule has 0 aliphatic heterocycles. The molecule has 0 bridgehead atoms. The zero-order chi connectivity index (χ0) is 20.9. The Hall–Kier alpha value is -3.57. The van der Waals surface area contributed by atoms with Gasteiger partial charge in [0, 0.05) is 22.7 Å². The number of oxazole rings is 1. The molecule has 1 amide bonds. The van der Waals surface area contributed by atoms with Crippen LogP contribution in [0.3, 0.4) is 0 Å². The number of benzene rings is 3. The van der Waals surface area contributed by atoms with Crippen LogP contribution in [0.1, 0.15) is 15.9 Å². The third-order valence-corrected chi connectivity index (χ3v) is 5.03. The smallest absolute Gasteiger partial charge is 0.252 e. The Morgan fingerprint density at radius 3 is 2.70 bits per heavy atom. The van der Waals surface area contributed by atoms with E-state index in [1.54, 1.807) is 31.5 Å². The van der Waals surface area contributed by atoms with Crippen molar-refractivity contribution in [2.75, 3.05) is 7.11 Å². The van der Waals surface area contributed by atoms with Crippen LogP contribution in [0.4, 0.5) is 0 Å². The Morgan fingerprint density at radius 1 is 1.07 bits per heavy atom. The third-order valence-electron chi connectivity index (χ3n) is 4.66. The van der Waals surface area contributed by atoms with Crippen molar-refractivity contribution in [3.63, 3.8) is 0 Å². The van der Waals surface area contributed by atoms with Gasteiger partial charge >= 0.3 is 0 Å². The first-order chi connectivity index (χ1) is 14.7. The summed E-state index contributed by atoms with van der Waals surface area (Å²) in [4.78, 5) is 17.2. The number of hydrogen-bond acceptors (Lipinski definition) is 4. The van der Waals surface area contributed by atoms with Crippen LogP contribution < -0.4 is 10.1 Å². The molecule has 0 saturated carbocycles. The van der Waals surface area contributed by atoms with Gasteiger partial charge in [0.2, 0.25) is 5.89 Å². The Morgan fingerprint density at radius 2 is 1.87 bits per heavy atom. The second-order valence-corrected chi connectivity index (χ2v) is 6.99. The maximum Gasteiger partial charge on any atom is 0.252 e. The summed E-state index contributed by atoms with van der Waals surface area (Å²) in [5.41, 5.74) is 2.78. The quantitative estimate of drug-likeness (QED) is 0.442. The van der Waals surface area contributed by atoms with Crippen LogP contribution in [0.5, 0.6) is 5.75 Å². The number of methoxy groups -OCH3 is 1. The van der Waals surface area contributed by atoms with Gasteiger partial charge in [0.15, 0.2) is 5.76 Å². The second kappa shape index (κ2) is 8.84. The summed E-state index contributed by atoms with van der Waals surface area (Å²) >= 11 is 6.18. The lowest BCUT2D eigenvalue weighted by molar-refractivity contribution is 0.0951. The Labute approximate surface area is 179 Å². The molecule has 6 heteroatoms. The Bertz CT molecular complexity index is 1190. The van der Waals surface area contributed by atoms with Gasteiger partial charge in [-0.15, -0.1) is 0 Å². The Balaban J connectivity index is 1.58. The largest absolute Gasteiger partial charge is 0.497 e. The van der Waals surface area contributed by atoms with Gasteiger partial charge in [-0.2, -0.15) is 0 Å². The van der Waals surface area contributed by atoms with E-state index in [0.29, 0.717) is 34.3 Å². The molecule has 1 aromatic heterocycles. The van der Waals surface area contributed by atoms with Crippen LogP contribution in [0.2, 0.25) is 5.02 Å². The summed E-state index contributed by atoms with van der Waals surface area (Å²) in [6, 6.07) is 22.1. The van der Waals surface area contributed by atoms with Crippen molar-refractivity contribution in [2.24, 2.45) is 0 Å². The summed E-state index contributed by atoms with van der Waals surface area (Å²) in [6.45, 7) is 0.327. The lowest BCUT2D eigenvalue weighted by Crippen LogP contribution is -2.23. The first kappa shape index (κ1) is 19.7. The van der Waals surface area contributed by atoms with E-state index in [1.165, 1.54) is 0 Å². The van der Waals surface area contributed by atoms with E-state index in [-0.39, 0.29) is 5.91 Å². The zero-order valence-electron chi connectivity index (χ0n) is 16.3. The van der Waals surface area contributed by atoms with Gasteiger partial charge in [-0.1, -0.05) is 54.1 Å². The number of ether oxygens (including phenoxy) is 1. The van der Waals surface area contributed by atoms with Crippen LogP contribution >= 0.6 is 11.6 Å². The van der Waals surface area contributed by atoms with Crippen LogP contribution in [0.15, 0.2) is 83.4 Å². The van der Waals surface area contributed by atoms with Crippen LogP contribution in [-0.2, 0) is 6.54 Å². The fourth-order valence-electron chi connectivity index (χ4n) is 3.09. The van der Waals surface area contributed by atoms with Crippen LogP contribution in [-0.4, -0.2) is 18.0 Å². The van der Waals surface area contributed by atoms with Crippen molar-refractivity contribution in [3.8, 4) is 28.5 Å². The van der Waals surface area contributed by atoms with E-state index in [4.69, 9.17) is 20.8 Å². The minimum atomic E-state index is -0.230. The number of carbonyl (C=O) groups is 1. The Kier molecular flexibility index (Phi) is 5.82. The van der Waals surface area contributed by atoms with E-state index in [9.17, 15) is 4.79 Å². The summed E-state index contributed by atoms with van der Waals surface area (Å²) < 4.78 is 11.2. The van der Waals surface area contributed by atoms with Gasteiger partial charge in [-0.25, -0.2) is 4.98 Å². The third kappa shape index (κ3) is 4.21. The highest BCUT2D eigenvalue weighted by Crippen LogP contribution is 2.30. The van der Waals surface area contributed by atoms with Gasteiger partial charge in [-0.05, 0) is 35.9 Å². The molecule has 1 N–H and O–H groups in total. The average molecular weight is 419 g/mol. The predicted molar refractivity (Wildman–Crippen MR) is 117 cm³/mol. The molecule has 0 spiro atoms. The molecule has 0 fully saturated rings. The number of rotatable bonds is 6. The molecule has 1 heterocycles. The maximum atomic E-state index is 12.8. The number of halogens is 1. The maximum absolute atomic E-state index is 12.8. The molecule has 4 rings (SSSR count). The van der Waals surface area contributed by atoms with E-state index in [1.807, 2.05) is 54.6 Å². The highest BCUT2D eigenvalue weighted by molar-refractivity contribution is 6.31. The van der Waals surface area contributed by atoms with Crippen molar-refractivity contribution >= 4 is 17.5 Å². The lowest BCUT2D eigenvalue weighted by Gasteiger charge is -2.09. The van der Waals surface area contributed by atoms with Crippen molar-refractivity contribution in [2.45, 2.75) is 6.54 Å². The molecule has 0 aliphatic rings. The van der Waals surface area contributed by atoms with Gasteiger partial charge in [0.05, 0.1) is 18.9 Å². The van der Waals surface area contributed by atoms with Gasteiger partial charge in [-0.3, -0.25) is 4.79 Å². The monoisotopic (exact) mass is 418 g/mol. The van der Waals surface area contributed by atoms with Crippen molar-refractivity contribution in [1.29, 1.82) is 0 Å². The van der Waals surface area contributed by atoms with E-state index in [2.05, 4.69) is 10.3 Å². The first-order valence-corrected chi connectivity index (χ1v) is 9.75. The van der Waals surface area contributed by atoms with Crippen molar-refractivity contribution in [1.82, 2.24) is 10.3 Å². The highest BCUT2D eigenvalue weighted by Gasteiger charge is 2.17. The van der Waals surface area contributed by atoms with Gasteiger partial charge in [0.25, 0.3) is 5.91 Å². The summed E-state index contributed by atoms with van der Waals surface area (Å²) in [5.74, 6) is 1.46. The molecule has 0 aliphatic carbocycles. The molecule has 150 valence electrons. The molecule has 4 aromatic rings. The van der Waals surface area contributed by atoms with E-state index in [0.717, 1.165) is 16.9 Å². The molecule has 0 atom stereocenters. The van der Waals surface area contributed by atoms with Gasteiger partial charge in [0.1, 0.15) is 5.75 Å². The highest BCUT2D eigenvalue weighted by atomic mass is 35.5. The number of hydrogen-bond donors (Lipinski definition) is 1. The van der Waals surface area contributed by atoms with Crippen molar-refractivity contribution in [3.05, 3.63) is 95.1 Å². The molecular formula is C24H19ClN2O3. The van der Waals surface area contributed by atoms with Crippen LogP contribution in [0.25, 0.3) is 22.8 Å². The molecular weight excluding hydrogens is 400 g/mol. The summed E-state index contributed by atoms with van der Waals surface area (Å²) in [7, 11) is 1.61. The molecule has 0 radical (unpaired) electrons. The number of aromatic nitrogens is 1. The normalized spacial score (nSPS) is 10.6.